The van der Waals surface area contributed by atoms with Crippen LogP contribution in [0.4, 0.5) is 0 Å². The van der Waals surface area contributed by atoms with Crippen LogP contribution in [-0.2, 0) is 4.79 Å². The number of aliphatic carboxylic acids is 1. The highest BCUT2D eigenvalue weighted by Gasteiger charge is 2.17. The molecule has 0 atom stereocenters. The monoisotopic (exact) mass is 213 g/mol. The van der Waals surface area contributed by atoms with Crippen molar-refractivity contribution in [1.29, 1.82) is 0 Å². The van der Waals surface area contributed by atoms with Gasteiger partial charge in [-0.3, -0.25) is 0 Å². The van der Waals surface area contributed by atoms with Crippen LogP contribution in [0.15, 0.2) is 12.3 Å². The fourth-order valence-corrected chi connectivity index (χ4v) is 2.07. The highest BCUT2D eigenvalue weighted by molar-refractivity contribution is 5.79. The number of rotatable bonds is 5. The second-order valence-electron chi connectivity index (χ2n) is 3.91. The van der Waals surface area contributed by atoms with E-state index in [0.29, 0.717) is 12.6 Å². The Balaban J connectivity index is 2.50. The first-order chi connectivity index (χ1) is 7.24. The van der Waals surface area contributed by atoms with Crippen LogP contribution >= 0.6 is 0 Å². The van der Waals surface area contributed by atoms with Crippen molar-refractivity contribution in [2.75, 3.05) is 13.2 Å². The molecule has 4 heteroatoms. The molecule has 0 amide bonds. The van der Waals surface area contributed by atoms with Gasteiger partial charge in [0.15, 0.2) is 0 Å². The standard InChI is InChI=1S/C11H19NO3/c13-9-8-12(7-6-11(14)15)10-4-2-1-3-5-10/h6-7,10,13H,1-5,8-9H2,(H,14,15). The van der Waals surface area contributed by atoms with E-state index in [1.165, 1.54) is 19.3 Å². The van der Waals surface area contributed by atoms with E-state index < -0.39 is 5.97 Å². The first-order valence-electron chi connectivity index (χ1n) is 5.52. The molecule has 0 heterocycles. The Morgan fingerprint density at radius 2 is 2.00 bits per heavy atom. The molecule has 0 aromatic heterocycles. The molecule has 0 saturated heterocycles. The summed E-state index contributed by atoms with van der Waals surface area (Å²) in [5.74, 6) is -0.936. The SMILES string of the molecule is O=C(O)C=CN(CCO)C1CCCCC1. The summed E-state index contributed by atoms with van der Waals surface area (Å²) < 4.78 is 0. The summed E-state index contributed by atoms with van der Waals surface area (Å²) in [5.41, 5.74) is 0. The van der Waals surface area contributed by atoms with Gasteiger partial charge in [-0.25, -0.2) is 4.79 Å². The van der Waals surface area contributed by atoms with Crippen molar-refractivity contribution in [3.63, 3.8) is 0 Å². The van der Waals surface area contributed by atoms with Gasteiger partial charge in [-0.2, -0.15) is 0 Å². The molecule has 2 N–H and O–H groups in total. The van der Waals surface area contributed by atoms with Crippen LogP contribution in [0.25, 0.3) is 0 Å². The minimum absolute atomic E-state index is 0.0699. The van der Waals surface area contributed by atoms with Gasteiger partial charge >= 0.3 is 5.97 Å². The zero-order valence-corrected chi connectivity index (χ0v) is 8.93. The molecule has 1 aliphatic carbocycles. The Hall–Kier alpha value is -1.03. The number of nitrogens with zero attached hydrogens (tertiary/aromatic N) is 1. The fourth-order valence-electron chi connectivity index (χ4n) is 2.07. The summed E-state index contributed by atoms with van der Waals surface area (Å²) in [6.07, 6.45) is 8.61. The lowest BCUT2D eigenvalue weighted by Crippen LogP contribution is -2.34. The molecule has 4 nitrogen and oxygen atoms in total. The van der Waals surface area contributed by atoms with Gasteiger partial charge in [0, 0.05) is 24.9 Å². The zero-order chi connectivity index (χ0) is 11.1. The van der Waals surface area contributed by atoms with E-state index in [1.807, 2.05) is 4.90 Å². The van der Waals surface area contributed by atoms with E-state index in [4.69, 9.17) is 10.2 Å². The molecular formula is C11H19NO3. The molecule has 0 unspecified atom stereocenters. The quantitative estimate of drug-likeness (QED) is 0.674. The second-order valence-corrected chi connectivity index (χ2v) is 3.91. The van der Waals surface area contributed by atoms with Gasteiger partial charge in [0.25, 0.3) is 0 Å². The molecule has 15 heavy (non-hydrogen) atoms. The minimum atomic E-state index is -0.936. The maximum Gasteiger partial charge on any atom is 0.329 e. The van der Waals surface area contributed by atoms with Crippen molar-refractivity contribution in [3.8, 4) is 0 Å². The van der Waals surface area contributed by atoms with E-state index in [1.54, 1.807) is 6.20 Å². The van der Waals surface area contributed by atoms with E-state index in [2.05, 4.69) is 0 Å². The van der Waals surface area contributed by atoms with E-state index in [9.17, 15) is 4.79 Å². The maximum atomic E-state index is 10.4. The molecule has 0 aliphatic heterocycles. The van der Waals surface area contributed by atoms with Gasteiger partial charge in [-0.15, -0.1) is 0 Å². The Morgan fingerprint density at radius 1 is 1.33 bits per heavy atom. The summed E-state index contributed by atoms with van der Waals surface area (Å²) >= 11 is 0. The van der Waals surface area contributed by atoms with E-state index in [-0.39, 0.29) is 6.61 Å². The summed E-state index contributed by atoms with van der Waals surface area (Å²) in [6.45, 7) is 0.592. The number of hydrogen-bond donors (Lipinski definition) is 2. The van der Waals surface area contributed by atoms with Crippen molar-refractivity contribution in [2.24, 2.45) is 0 Å². The van der Waals surface area contributed by atoms with Crippen LogP contribution in [-0.4, -0.2) is 40.3 Å². The van der Waals surface area contributed by atoms with Crippen molar-refractivity contribution < 1.29 is 15.0 Å². The highest BCUT2D eigenvalue weighted by atomic mass is 16.4. The molecule has 86 valence electrons. The van der Waals surface area contributed by atoms with Crippen molar-refractivity contribution in [2.45, 2.75) is 38.1 Å². The van der Waals surface area contributed by atoms with Crippen LogP contribution < -0.4 is 0 Å². The number of aliphatic hydroxyl groups is 1. The minimum Gasteiger partial charge on any atom is -0.478 e. The Bertz CT molecular complexity index is 222. The predicted molar refractivity (Wildman–Crippen MR) is 57.4 cm³/mol. The summed E-state index contributed by atoms with van der Waals surface area (Å²) in [6, 6.07) is 0.404. The van der Waals surface area contributed by atoms with Crippen molar-refractivity contribution in [3.05, 3.63) is 12.3 Å². The summed E-state index contributed by atoms with van der Waals surface area (Å²) in [4.78, 5) is 12.4. The zero-order valence-electron chi connectivity index (χ0n) is 8.93. The lowest BCUT2D eigenvalue weighted by atomic mass is 9.94. The van der Waals surface area contributed by atoms with Gasteiger partial charge in [-0.05, 0) is 12.8 Å². The van der Waals surface area contributed by atoms with Crippen LogP contribution in [0.1, 0.15) is 32.1 Å². The highest BCUT2D eigenvalue weighted by Crippen LogP contribution is 2.22. The topological polar surface area (TPSA) is 60.8 Å². The van der Waals surface area contributed by atoms with Crippen molar-refractivity contribution in [1.82, 2.24) is 4.90 Å². The molecule has 1 rings (SSSR count). The van der Waals surface area contributed by atoms with E-state index >= 15 is 0 Å². The van der Waals surface area contributed by atoms with Gasteiger partial charge in [-0.1, -0.05) is 19.3 Å². The lowest BCUT2D eigenvalue weighted by Gasteiger charge is -2.32. The third-order valence-electron chi connectivity index (χ3n) is 2.81. The van der Waals surface area contributed by atoms with Gasteiger partial charge < -0.3 is 15.1 Å². The molecular weight excluding hydrogens is 194 g/mol. The predicted octanol–water partition coefficient (Wildman–Crippen LogP) is 1.21. The number of carboxylic acid groups (broad SMARTS) is 1. The molecule has 0 bridgehead atoms. The third kappa shape index (κ3) is 4.34. The van der Waals surface area contributed by atoms with Crippen LogP contribution in [0.5, 0.6) is 0 Å². The normalized spacial score (nSPS) is 18.2. The first kappa shape index (κ1) is 12.0. The second kappa shape index (κ2) is 6.45. The van der Waals surface area contributed by atoms with Crippen LogP contribution in [0.2, 0.25) is 0 Å². The molecule has 0 radical (unpaired) electrons. The number of hydrogen-bond acceptors (Lipinski definition) is 3. The number of carbonyl (C=O) groups is 1. The first-order valence-corrected chi connectivity index (χ1v) is 5.52. The largest absolute Gasteiger partial charge is 0.478 e. The van der Waals surface area contributed by atoms with Crippen molar-refractivity contribution >= 4 is 5.97 Å². The van der Waals surface area contributed by atoms with E-state index in [0.717, 1.165) is 18.9 Å². The molecule has 0 spiro atoms. The lowest BCUT2D eigenvalue weighted by molar-refractivity contribution is -0.131. The van der Waals surface area contributed by atoms with Gasteiger partial charge in [0.1, 0.15) is 0 Å². The molecule has 1 saturated carbocycles. The molecule has 0 aromatic rings. The average molecular weight is 213 g/mol. The average Bonchev–Trinajstić information content (AvgIpc) is 2.25. The molecule has 0 aromatic carbocycles. The Morgan fingerprint density at radius 3 is 2.53 bits per heavy atom. The third-order valence-corrected chi connectivity index (χ3v) is 2.81. The molecule has 1 fully saturated rings. The maximum absolute atomic E-state index is 10.4. The van der Waals surface area contributed by atoms with Gasteiger partial charge in [0.2, 0.25) is 0 Å². The molecule has 1 aliphatic rings. The van der Waals surface area contributed by atoms with Gasteiger partial charge in [0.05, 0.1) is 6.61 Å². The summed E-state index contributed by atoms with van der Waals surface area (Å²) in [7, 11) is 0. The van der Waals surface area contributed by atoms with Crippen LogP contribution in [0.3, 0.4) is 0 Å². The van der Waals surface area contributed by atoms with Crippen LogP contribution in [0, 0.1) is 0 Å². The smallest absolute Gasteiger partial charge is 0.329 e. The Kier molecular flexibility index (Phi) is 5.18. The summed E-state index contributed by atoms with van der Waals surface area (Å²) in [5, 5.41) is 17.5. The number of carboxylic acids is 1. The Labute approximate surface area is 90.2 Å². The fraction of sp³-hybridized carbons (Fsp3) is 0.727. The number of aliphatic hydroxyl groups excluding tert-OH is 1.